The molecule has 3 amide bonds. The highest BCUT2D eigenvalue weighted by Gasteiger charge is 2.24. The van der Waals surface area contributed by atoms with Crippen molar-refractivity contribution < 1.29 is 19.1 Å². The van der Waals surface area contributed by atoms with Crippen molar-refractivity contribution in [2.24, 2.45) is 0 Å². The summed E-state index contributed by atoms with van der Waals surface area (Å²) in [5.74, 6) is 1.41. The van der Waals surface area contributed by atoms with Crippen LogP contribution >= 0.6 is 0 Å². The van der Waals surface area contributed by atoms with Gasteiger partial charge < -0.3 is 25.4 Å². The number of ether oxygens (including phenoxy) is 2. The maximum atomic E-state index is 12.3. The topological polar surface area (TPSA) is 91.9 Å². The number of fused-ring (bicyclic) bond motifs is 1. The van der Waals surface area contributed by atoms with E-state index in [0.29, 0.717) is 25.4 Å². The Labute approximate surface area is 181 Å². The number of amides is 3. The van der Waals surface area contributed by atoms with Gasteiger partial charge in [-0.2, -0.15) is 0 Å². The molecule has 0 radical (unpaired) electrons. The third-order valence-electron chi connectivity index (χ3n) is 5.41. The number of hydrogen-bond donors (Lipinski definition) is 3. The predicted octanol–water partition coefficient (Wildman–Crippen LogP) is 2.23. The number of rotatable bonds is 6. The van der Waals surface area contributed by atoms with Gasteiger partial charge in [-0.25, -0.2) is 4.79 Å². The average Bonchev–Trinajstić information content (AvgIpc) is 2.79. The van der Waals surface area contributed by atoms with Gasteiger partial charge in [0.15, 0.2) is 17.6 Å². The van der Waals surface area contributed by atoms with Crippen molar-refractivity contribution in [3.8, 4) is 11.5 Å². The second kappa shape index (κ2) is 10.2. The molecule has 4 rings (SSSR count). The van der Waals surface area contributed by atoms with Crippen LogP contribution in [0.25, 0.3) is 0 Å². The van der Waals surface area contributed by atoms with E-state index < -0.39 is 0 Å². The standard InChI is InChI=1S/C23H28N4O4/c28-22(25-17-6-2-1-3-7-17)15-27-12-10-18(11-13-27)26-23(29)24-14-19-16-30-20-8-4-5-9-21(20)31-19/h1-9,18-19H,10-16H2,(H,25,28)(H2,24,26,29)/t19-/m1/s1. The Kier molecular flexibility index (Phi) is 6.89. The van der Waals surface area contributed by atoms with E-state index in [9.17, 15) is 9.59 Å². The normalized spacial score (nSPS) is 18.8. The van der Waals surface area contributed by atoms with Crippen LogP contribution in [-0.4, -0.2) is 61.8 Å². The predicted molar refractivity (Wildman–Crippen MR) is 117 cm³/mol. The Bertz CT molecular complexity index is 884. The van der Waals surface area contributed by atoms with Crippen molar-refractivity contribution >= 4 is 17.6 Å². The summed E-state index contributed by atoms with van der Waals surface area (Å²) in [5.41, 5.74) is 0.802. The molecule has 2 heterocycles. The fourth-order valence-corrected chi connectivity index (χ4v) is 3.77. The first-order valence-electron chi connectivity index (χ1n) is 10.7. The number of urea groups is 1. The molecule has 31 heavy (non-hydrogen) atoms. The van der Waals surface area contributed by atoms with Gasteiger partial charge in [0.25, 0.3) is 0 Å². The van der Waals surface area contributed by atoms with E-state index in [-0.39, 0.29) is 24.1 Å². The van der Waals surface area contributed by atoms with E-state index >= 15 is 0 Å². The molecule has 2 aromatic carbocycles. The lowest BCUT2D eigenvalue weighted by atomic mass is 10.1. The van der Waals surface area contributed by atoms with Gasteiger partial charge in [0.05, 0.1) is 13.1 Å². The van der Waals surface area contributed by atoms with Gasteiger partial charge in [0.1, 0.15) is 6.61 Å². The summed E-state index contributed by atoms with van der Waals surface area (Å²) in [7, 11) is 0. The second-order valence-corrected chi connectivity index (χ2v) is 7.82. The minimum absolute atomic E-state index is 0.0216. The molecule has 0 unspecified atom stereocenters. The van der Waals surface area contributed by atoms with E-state index in [1.54, 1.807) is 0 Å². The zero-order valence-electron chi connectivity index (χ0n) is 17.4. The van der Waals surface area contributed by atoms with Crippen molar-refractivity contribution in [1.82, 2.24) is 15.5 Å². The van der Waals surface area contributed by atoms with Crippen molar-refractivity contribution in [3.63, 3.8) is 0 Å². The molecule has 0 aliphatic carbocycles. The number of anilines is 1. The smallest absolute Gasteiger partial charge is 0.315 e. The quantitative estimate of drug-likeness (QED) is 0.662. The van der Waals surface area contributed by atoms with Crippen LogP contribution in [0, 0.1) is 0 Å². The number of hydrogen-bond acceptors (Lipinski definition) is 5. The number of nitrogens with zero attached hydrogens (tertiary/aromatic N) is 1. The SMILES string of the molecule is O=C(CN1CCC(NC(=O)NC[C@@H]2COc3ccccc3O2)CC1)Nc1ccccc1. The fourth-order valence-electron chi connectivity index (χ4n) is 3.77. The maximum absolute atomic E-state index is 12.3. The minimum atomic E-state index is -0.217. The molecular weight excluding hydrogens is 396 g/mol. The molecule has 0 spiro atoms. The van der Waals surface area contributed by atoms with Crippen LogP contribution in [0.4, 0.5) is 10.5 Å². The van der Waals surface area contributed by atoms with E-state index in [1.807, 2.05) is 54.6 Å². The molecule has 164 valence electrons. The van der Waals surface area contributed by atoms with Gasteiger partial charge in [-0.15, -0.1) is 0 Å². The van der Waals surface area contributed by atoms with Crippen molar-refractivity contribution in [2.75, 3.05) is 38.1 Å². The molecule has 8 nitrogen and oxygen atoms in total. The highest BCUT2D eigenvalue weighted by Crippen LogP contribution is 2.30. The van der Waals surface area contributed by atoms with Gasteiger partial charge in [0, 0.05) is 24.8 Å². The molecule has 0 bridgehead atoms. The molecule has 8 heteroatoms. The van der Waals surface area contributed by atoms with Crippen LogP contribution in [-0.2, 0) is 4.79 Å². The first kappa shape index (κ1) is 21.0. The van der Waals surface area contributed by atoms with Crippen molar-refractivity contribution in [1.29, 1.82) is 0 Å². The van der Waals surface area contributed by atoms with Crippen molar-refractivity contribution in [2.45, 2.75) is 25.0 Å². The van der Waals surface area contributed by atoms with E-state index in [2.05, 4.69) is 20.9 Å². The number of piperidine rings is 1. The first-order chi connectivity index (χ1) is 15.2. The van der Waals surface area contributed by atoms with Gasteiger partial charge in [-0.1, -0.05) is 30.3 Å². The lowest BCUT2D eigenvalue weighted by molar-refractivity contribution is -0.117. The molecule has 2 aliphatic heterocycles. The molecule has 0 saturated carbocycles. The molecule has 2 aromatic rings. The van der Waals surface area contributed by atoms with Crippen LogP contribution in [0.5, 0.6) is 11.5 Å². The summed E-state index contributed by atoms with van der Waals surface area (Å²) in [6.07, 6.45) is 1.40. The molecule has 2 aliphatic rings. The van der Waals surface area contributed by atoms with Crippen molar-refractivity contribution in [3.05, 3.63) is 54.6 Å². The minimum Gasteiger partial charge on any atom is -0.486 e. The van der Waals surface area contributed by atoms with Gasteiger partial charge in [-0.05, 0) is 37.1 Å². The van der Waals surface area contributed by atoms with Crippen LogP contribution in [0.2, 0.25) is 0 Å². The highest BCUT2D eigenvalue weighted by atomic mass is 16.6. The number of carbonyl (C=O) groups is 2. The summed E-state index contributed by atoms with van der Waals surface area (Å²) >= 11 is 0. The monoisotopic (exact) mass is 424 g/mol. The Morgan fingerprint density at radius 2 is 1.68 bits per heavy atom. The number of likely N-dealkylation sites (tertiary alicyclic amines) is 1. The Morgan fingerprint density at radius 1 is 0.968 bits per heavy atom. The molecule has 3 N–H and O–H groups in total. The Morgan fingerprint density at radius 3 is 2.45 bits per heavy atom. The van der Waals surface area contributed by atoms with Crippen LogP contribution in [0.15, 0.2) is 54.6 Å². The van der Waals surface area contributed by atoms with Gasteiger partial charge in [0.2, 0.25) is 5.91 Å². The first-order valence-corrected chi connectivity index (χ1v) is 10.7. The lowest BCUT2D eigenvalue weighted by Crippen LogP contribution is -2.51. The van der Waals surface area contributed by atoms with Crippen LogP contribution in [0.1, 0.15) is 12.8 Å². The average molecular weight is 425 g/mol. The number of para-hydroxylation sites is 3. The highest BCUT2D eigenvalue weighted by molar-refractivity contribution is 5.92. The zero-order valence-corrected chi connectivity index (χ0v) is 17.4. The Hall–Kier alpha value is -3.26. The summed E-state index contributed by atoms with van der Waals surface area (Å²) < 4.78 is 11.5. The molecule has 1 saturated heterocycles. The number of carbonyl (C=O) groups excluding carboxylic acids is 2. The van der Waals surface area contributed by atoms with E-state index in [0.717, 1.165) is 37.4 Å². The summed E-state index contributed by atoms with van der Waals surface area (Å²) in [4.78, 5) is 26.6. The summed E-state index contributed by atoms with van der Waals surface area (Å²) in [5, 5.41) is 8.79. The third kappa shape index (κ3) is 6.11. The fraction of sp³-hybridized carbons (Fsp3) is 0.391. The van der Waals surface area contributed by atoms with Gasteiger partial charge in [-0.3, -0.25) is 9.69 Å². The largest absolute Gasteiger partial charge is 0.486 e. The summed E-state index contributed by atoms with van der Waals surface area (Å²) in [6.45, 7) is 2.67. The molecule has 0 aromatic heterocycles. The van der Waals surface area contributed by atoms with E-state index in [4.69, 9.17) is 9.47 Å². The van der Waals surface area contributed by atoms with Crippen LogP contribution in [0.3, 0.4) is 0 Å². The Balaban J connectivity index is 1.12. The number of benzene rings is 2. The second-order valence-electron chi connectivity index (χ2n) is 7.82. The third-order valence-corrected chi connectivity index (χ3v) is 5.41. The lowest BCUT2D eigenvalue weighted by Gasteiger charge is -2.32. The molecular formula is C23H28N4O4. The molecule has 1 atom stereocenters. The molecule has 1 fully saturated rings. The van der Waals surface area contributed by atoms with Crippen LogP contribution < -0.4 is 25.4 Å². The summed E-state index contributed by atoms with van der Waals surface area (Å²) in [6, 6.07) is 16.8. The number of nitrogens with one attached hydrogen (secondary N) is 3. The van der Waals surface area contributed by atoms with Gasteiger partial charge >= 0.3 is 6.03 Å². The maximum Gasteiger partial charge on any atom is 0.315 e. The zero-order chi connectivity index (χ0) is 21.5. The van der Waals surface area contributed by atoms with E-state index in [1.165, 1.54) is 0 Å².